The molecule has 0 aliphatic carbocycles. The quantitative estimate of drug-likeness (QED) is 0.372. The van der Waals surface area contributed by atoms with E-state index in [-0.39, 0.29) is 12.5 Å². The molecule has 0 bridgehead atoms. The number of aliphatic imine (C=N–C) groups is 1. The van der Waals surface area contributed by atoms with Gasteiger partial charge < -0.3 is 15.4 Å². The Morgan fingerprint density at radius 1 is 1.28 bits per heavy atom. The van der Waals surface area contributed by atoms with Crippen LogP contribution in [0.15, 0.2) is 23.3 Å². The topological polar surface area (TPSA) is 58.5 Å². The number of guanidine groups is 1. The lowest BCUT2D eigenvalue weighted by Gasteiger charge is -2.12. The highest BCUT2D eigenvalue weighted by molar-refractivity contribution is 7.98. The van der Waals surface area contributed by atoms with Crippen molar-refractivity contribution >= 4 is 17.7 Å². The molecule has 0 saturated heterocycles. The minimum Gasteiger partial charge on any atom is -0.476 e. The summed E-state index contributed by atoms with van der Waals surface area (Å²) >= 11 is 1.82. The molecule has 0 radical (unpaired) electrons. The molecule has 0 amide bonds. The fourth-order valence-corrected chi connectivity index (χ4v) is 2.34. The molecule has 0 saturated carbocycles. The van der Waals surface area contributed by atoms with Crippen molar-refractivity contribution in [3.63, 3.8) is 0 Å². The number of rotatable bonds is 10. The van der Waals surface area contributed by atoms with E-state index in [9.17, 15) is 13.2 Å². The average Bonchev–Trinajstić information content (AvgIpc) is 2.58. The maximum absolute atomic E-state index is 12.4. The van der Waals surface area contributed by atoms with Gasteiger partial charge in [-0.1, -0.05) is 0 Å². The number of hydrogen-bond donors (Lipinski definition) is 2. The predicted octanol–water partition coefficient (Wildman–Crippen LogP) is 3.18. The summed E-state index contributed by atoms with van der Waals surface area (Å²) in [6.07, 6.45) is 0.625. The number of nitrogens with one attached hydrogen (secondary N) is 2. The zero-order valence-corrected chi connectivity index (χ0v) is 15.3. The number of unbranched alkanes of at least 4 members (excludes halogenated alkanes) is 1. The first-order valence-electron chi connectivity index (χ1n) is 8.14. The lowest BCUT2D eigenvalue weighted by molar-refractivity contribution is -0.137. The van der Waals surface area contributed by atoms with Crippen molar-refractivity contribution in [2.24, 2.45) is 4.99 Å². The molecule has 1 aromatic rings. The number of alkyl halides is 3. The summed E-state index contributed by atoms with van der Waals surface area (Å²) in [5, 5.41) is 6.25. The summed E-state index contributed by atoms with van der Waals surface area (Å²) in [5.74, 6) is 2.00. The van der Waals surface area contributed by atoms with E-state index >= 15 is 0 Å². The van der Waals surface area contributed by atoms with Crippen LogP contribution in [0.5, 0.6) is 5.88 Å². The van der Waals surface area contributed by atoms with Crippen molar-refractivity contribution < 1.29 is 17.9 Å². The Morgan fingerprint density at radius 2 is 2.08 bits per heavy atom. The van der Waals surface area contributed by atoms with Gasteiger partial charge in [-0.3, -0.25) is 4.99 Å². The monoisotopic (exact) mass is 378 g/mol. The Bertz CT molecular complexity index is 509. The average molecular weight is 378 g/mol. The maximum atomic E-state index is 12.4. The van der Waals surface area contributed by atoms with Gasteiger partial charge in [0.2, 0.25) is 5.88 Å². The number of pyridine rings is 1. The van der Waals surface area contributed by atoms with Crippen LogP contribution in [0.1, 0.15) is 25.3 Å². The molecule has 0 atom stereocenters. The molecule has 0 fully saturated rings. The van der Waals surface area contributed by atoms with Gasteiger partial charge in [0, 0.05) is 25.4 Å². The molecular formula is C16H25F3N4OS. The smallest absolute Gasteiger partial charge is 0.417 e. The van der Waals surface area contributed by atoms with Gasteiger partial charge in [0.1, 0.15) is 6.61 Å². The van der Waals surface area contributed by atoms with Crippen molar-refractivity contribution in [1.29, 1.82) is 0 Å². The summed E-state index contributed by atoms with van der Waals surface area (Å²) in [6, 6.07) is 2.17. The van der Waals surface area contributed by atoms with Crippen LogP contribution in [0.4, 0.5) is 13.2 Å². The number of hydrogen-bond acceptors (Lipinski definition) is 4. The SMILES string of the molecule is CCNC(=NCCCCSC)NCCOc1ccc(C(F)(F)F)cn1. The third-order valence-electron chi connectivity index (χ3n) is 3.08. The van der Waals surface area contributed by atoms with E-state index in [0.717, 1.165) is 43.9 Å². The van der Waals surface area contributed by atoms with Gasteiger partial charge >= 0.3 is 6.18 Å². The third kappa shape index (κ3) is 9.42. The van der Waals surface area contributed by atoms with Gasteiger partial charge in [0.15, 0.2) is 5.96 Å². The van der Waals surface area contributed by atoms with Gasteiger partial charge in [0.25, 0.3) is 0 Å². The van der Waals surface area contributed by atoms with E-state index in [4.69, 9.17) is 4.74 Å². The van der Waals surface area contributed by atoms with Crippen molar-refractivity contribution in [3.05, 3.63) is 23.9 Å². The van der Waals surface area contributed by atoms with Gasteiger partial charge in [-0.2, -0.15) is 24.9 Å². The van der Waals surface area contributed by atoms with E-state index in [1.165, 1.54) is 6.07 Å². The molecule has 9 heteroatoms. The Labute approximate surface area is 150 Å². The predicted molar refractivity (Wildman–Crippen MR) is 96.3 cm³/mol. The normalized spacial score (nSPS) is 12.1. The largest absolute Gasteiger partial charge is 0.476 e. The first kappa shape index (κ1) is 21.4. The standard InChI is InChI=1S/C16H25F3N4OS/c1-3-20-15(21-8-4-5-11-25-2)22-9-10-24-14-7-6-13(12-23-14)16(17,18)19/h6-7,12H,3-5,8-11H2,1-2H3,(H2,20,21,22). The van der Waals surface area contributed by atoms with Gasteiger partial charge in [-0.15, -0.1) is 0 Å². The minimum atomic E-state index is -4.39. The zero-order chi connectivity index (χ0) is 18.5. The fourth-order valence-electron chi connectivity index (χ4n) is 1.85. The number of aromatic nitrogens is 1. The lowest BCUT2D eigenvalue weighted by atomic mass is 10.3. The fraction of sp³-hybridized carbons (Fsp3) is 0.625. The van der Waals surface area contributed by atoms with E-state index in [2.05, 4.69) is 26.9 Å². The number of thioether (sulfide) groups is 1. The lowest BCUT2D eigenvalue weighted by Crippen LogP contribution is -2.39. The first-order chi connectivity index (χ1) is 12.0. The molecular weight excluding hydrogens is 353 g/mol. The summed E-state index contributed by atoms with van der Waals surface area (Å²) in [4.78, 5) is 8.12. The van der Waals surface area contributed by atoms with Crippen LogP contribution in [0.25, 0.3) is 0 Å². The Balaban J connectivity index is 2.32. The van der Waals surface area contributed by atoms with Crippen LogP contribution in [0.3, 0.4) is 0 Å². The van der Waals surface area contributed by atoms with Crippen molar-refractivity contribution in [1.82, 2.24) is 15.6 Å². The van der Waals surface area contributed by atoms with E-state index in [1.807, 2.05) is 18.7 Å². The molecule has 25 heavy (non-hydrogen) atoms. The number of halogens is 3. The summed E-state index contributed by atoms with van der Waals surface area (Å²) in [7, 11) is 0. The Hall–Kier alpha value is -1.64. The molecule has 1 rings (SSSR count). The minimum absolute atomic E-state index is 0.161. The van der Waals surface area contributed by atoms with Crippen LogP contribution in [-0.4, -0.2) is 49.2 Å². The second kappa shape index (κ2) is 11.8. The highest BCUT2D eigenvalue weighted by Crippen LogP contribution is 2.29. The molecule has 1 aromatic heterocycles. The van der Waals surface area contributed by atoms with Crippen LogP contribution in [0, 0.1) is 0 Å². The molecule has 0 aliphatic rings. The second-order valence-corrected chi connectivity index (χ2v) is 6.10. The van der Waals surface area contributed by atoms with Gasteiger partial charge in [0.05, 0.1) is 12.1 Å². The summed E-state index contributed by atoms with van der Waals surface area (Å²) in [6.45, 7) is 4.22. The molecule has 0 aliphatic heterocycles. The van der Waals surface area contributed by atoms with Crippen LogP contribution in [-0.2, 0) is 6.18 Å². The van der Waals surface area contributed by atoms with E-state index in [1.54, 1.807) is 0 Å². The molecule has 0 unspecified atom stereocenters. The van der Waals surface area contributed by atoms with E-state index < -0.39 is 11.7 Å². The Morgan fingerprint density at radius 3 is 2.68 bits per heavy atom. The van der Waals surface area contributed by atoms with Gasteiger partial charge in [-0.05, 0) is 37.8 Å². The van der Waals surface area contributed by atoms with E-state index in [0.29, 0.717) is 12.5 Å². The summed E-state index contributed by atoms with van der Waals surface area (Å²) in [5.41, 5.74) is -0.791. The number of ether oxygens (including phenoxy) is 1. The summed E-state index contributed by atoms with van der Waals surface area (Å²) < 4.78 is 42.7. The van der Waals surface area contributed by atoms with Crippen molar-refractivity contribution in [3.8, 4) is 5.88 Å². The molecule has 5 nitrogen and oxygen atoms in total. The second-order valence-electron chi connectivity index (χ2n) is 5.12. The van der Waals surface area contributed by atoms with Crippen LogP contribution >= 0.6 is 11.8 Å². The van der Waals surface area contributed by atoms with Crippen molar-refractivity contribution in [2.45, 2.75) is 25.9 Å². The Kier molecular flexibility index (Phi) is 10.1. The molecule has 0 aromatic carbocycles. The van der Waals surface area contributed by atoms with Crippen molar-refractivity contribution in [2.75, 3.05) is 38.2 Å². The highest BCUT2D eigenvalue weighted by Gasteiger charge is 2.30. The molecule has 0 spiro atoms. The molecule has 142 valence electrons. The third-order valence-corrected chi connectivity index (χ3v) is 3.78. The first-order valence-corrected chi connectivity index (χ1v) is 9.54. The van der Waals surface area contributed by atoms with Crippen LogP contribution < -0.4 is 15.4 Å². The maximum Gasteiger partial charge on any atom is 0.417 e. The van der Waals surface area contributed by atoms with Crippen LogP contribution in [0.2, 0.25) is 0 Å². The molecule has 2 N–H and O–H groups in total. The zero-order valence-electron chi connectivity index (χ0n) is 14.5. The van der Waals surface area contributed by atoms with Gasteiger partial charge in [-0.25, -0.2) is 4.98 Å². The molecule has 1 heterocycles. The number of nitrogens with zero attached hydrogens (tertiary/aromatic N) is 2. The highest BCUT2D eigenvalue weighted by atomic mass is 32.2.